The van der Waals surface area contributed by atoms with Crippen LogP contribution in [0.15, 0.2) is 72.8 Å². The van der Waals surface area contributed by atoms with E-state index in [-0.39, 0.29) is 29.4 Å². The Bertz CT molecular complexity index is 1550. The van der Waals surface area contributed by atoms with Gasteiger partial charge in [0, 0.05) is 36.6 Å². The van der Waals surface area contributed by atoms with E-state index in [9.17, 15) is 22.8 Å². The number of nitrogen functional groups attached to an aromatic ring is 1. The van der Waals surface area contributed by atoms with Crippen LogP contribution < -0.4 is 11.1 Å². The molecule has 0 saturated carbocycles. The Labute approximate surface area is 237 Å². The van der Waals surface area contributed by atoms with Crippen LogP contribution in [0.25, 0.3) is 11.1 Å². The van der Waals surface area contributed by atoms with E-state index in [4.69, 9.17) is 15.9 Å². The third-order valence-electron chi connectivity index (χ3n) is 6.52. The van der Waals surface area contributed by atoms with Crippen molar-refractivity contribution in [2.45, 2.75) is 12.8 Å². The van der Waals surface area contributed by atoms with Crippen molar-refractivity contribution in [3.63, 3.8) is 0 Å². The second-order valence-corrected chi connectivity index (χ2v) is 11.2. The van der Waals surface area contributed by atoms with E-state index in [1.54, 1.807) is 54.6 Å². The van der Waals surface area contributed by atoms with Gasteiger partial charge in [0.15, 0.2) is 0 Å². The van der Waals surface area contributed by atoms with E-state index in [2.05, 4.69) is 9.50 Å². The molecule has 11 nitrogen and oxygen atoms in total. The maximum atomic E-state index is 13.8. The molecule has 0 atom stereocenters. The molecule has 0 aliphatic carbocycles. The summed E-state index contributed by atoms with van der Waals surface area (Å²) in [5, 5.41) is 10.2. The zero-order chi connectivity index (χ0) is 29.6. The van der Waals surface area contributed by atoms with Crippen LogP contribution in [0.4, 0.5) is 10.5 Å². The predicted molar refractivity (Wildman–Crippen MR) is 153 cm³/mol. The minimum Gasteiger partial charge on any atom is -0.384 e. The molecule has 1 saturated heterocycles. The molecule has 0 aromatic heterocycles. The summed E-state index contributed by atoms with van der Waals surface area (Å²) in [5.74, 6) is -1.95. The van der Waals surface area contributed by atoms with E-state index >= 15 is 0 Å². The molecular weight excluding hydrogens is 548 g/mol. The van der Waals surface area contributed by atoms with Gasteiger partial charge in [-0.2, -0.15) is 8.42 Å². The van der Waals surface area contributed by atoms with Gasteiger partial charge < -0.3 is 20.0 Å². The summed E-state index contributed by atoms with van der Waals surface area (Å²) >= 11 is 0. The first-order chi connectivity index (χ1) is 19.5. The monoisotopic (exact) mass is 578 g/mol. The highest BCUT2D eigenvalue weighted by atomic mass is 32.2. The predicted octanol–water partition coefficient (Wildman–Crippen LogP) is 3.85. The number of benzene rings is 3. The summed E-state index contributed by atoms with van der Waals surface area (Å²) < 4.78 is 33.5. The van der Waals surface area contributed by atoms with Crippen LogP contribution in [-0.2, 0) is 19.0 Å². The Kier molecular flexibility index (Phi) is 9.15. The molecule has 3 aromatic rings. The number of carbonyl (C=O) groups is 3. The van der Waals surface area contributed by atoms with Gasteiger partial charge in [0.2, 0.25) is 0 Å². The van der Waals surface area contributed by atoms with Crippen molar-refractivity contribution < 1.29 is 31.7 Å². The molecule has 1 aliphatic rings. The van der Waals surface area contributed by atoms with Gasteiger partial charge in [0.1, 0.15) is 5.84 Å². The molecule has 214 valence electrons. The number of urea groups is 1. The standard InChI is InChI=1S/C29H30N4O7S/c1-41(37,38)40-28(35)25-17-22(9-12-24(25)20-5-3-2-4-6-20)27(34)33(18-19-13-15-39-16-14-19)29(36)32-23-10-7-21(8-11-23)26(30)31/h2-12,17,19H,13-16,18H2,1H3,(H3,30,31)(H,32,36). The minimum atomic E-state index is -4.14. The molecule has 12 heteroatoms. The molecule has 41 heavy (non-hydrogen) atoms. The summed E-state index contributed by atoms with van der Waals surface area (Å²) in [7, 11) is -4.14. The Morgan fingerprint density at radius 2 is 1.63 bits per heavy atom. The van der Waals surface area contributed by atoms with E-state index in [0.29, 0.717) is 48.4 Å². The van der Waals surface area contributed by atoms with Crippen LogP contribution in [0.3, 0.4) is 0 Å². The van der Waals surface area contributed by atoms with Crippen LogP contribution in [0.2, 0.25) is 0 Å². The summed E-state index contributed by atoms with van der Waals surface area (Å²) in [6.45, 7) is 1.12. The maximum Gasteiger partial charge on any atom is 0.354 e. The fourth-order valence-corrected chi connectivity index (χ4v) is 4.79. The lowest BCUT2D eigenvalue weighted by Gasteiger charge is -2.29. The lowest BCUT2D eigenvalue weighted by atomic mass is 9.96. The number of rotatable bonds is 8. The van der Waals surface area contributed by atoms with Crippen molar-refractivity contribution in [1.82, 2.24) is 4.90 Å². The fraction of sp³-hybridized carbons (Fsp3) is 0.241. The SMILES string of the molecule is CS(=O)(=O)OC(=O)c1cc(C(=O)N(CC2CCOCC2)C(=O)Nc2ccc(C(=N)N)cc2)ccc1-c1ccccc1. The molecule has 0 radical (unpaired) electrons. The first-order valence-corrected chi connectivity index (χ1v) is 14.6. The van der Waals surface area contributed by atoms with Gasteiger partial charge in [-0.15, -0.1) is 0 Å². The van der Waals surface area contributed by atoms with E-state index in [0.717, 1.165) is 11.2 Å². The molecule has 1 fully saturated rings. The third kappa shape index (κ3) is 7.77. The molecule has 3 aromatic carbocycles. The Morgan fingerprint density at radius 3 is 2.24 bits per heavy atom. The van der Waals surface area contributed by atoms with Gasteiger partial charge in [-0.05, 0) is 66.3 Å². The lowest BCUT2D eigenvalue weighted by molar-refractivity contribution is 0.0517. The second kappa shape index (κ2) is 12.7. The zero-order valence-corrected chi connectivity index (χ0v) is 23.1. The number of amides is 3. The largest absolute Gasteiger partial charge is 0.384 e. The Balaban J connectivity index is 1.69. The highest BCUT2D eigenvalue weighted by Crippen LogP contribution is 2.27. The van der Waals surface area contributed by atoms with Crippen molar-refractivity contribution in [3.8, 4) is 11.1 Å². The minimum absolute atomic E-state index is 0.000677. The van der Waals surface area contributed by atoms with Crippen LogP contribution >= 0.6 is 0 Å². The molecule has 0 spiro atoms. The number of nitrogens with one attached hydrogen (secondary N) is 2. The normalized spacial score (nSPS) is 13.7. The summed E-state index contributed by atoms with van der Waals surface area (Å²) in [5.41, 5.74) is 7.20. The molecule has 4 rings (SSSR count). The number of anilines is 1. The number of carbonyl (C=O) groups excluding carboxylic acids is 3. The topological polar surface area (TPSA) is 169 Å². The van der Waals surface area contributed by atoms with Crippen molar-refractivity contribution in [2.75, 3.05) is 31.3 Å². The summed E-state index contributed by atoms with van der Waals surface area (Å²) in [4.78, 5) is 41.3. The van der Waals surface area contributed by atoms with Gasteiger partial charge in [-0.3, -0.25) is 15.1 Å². The van der Waals surface area contributed by atoms with Gasteiger partial charge in [0.05, 0.1) is 11.8 Å². The molecule has 1 aliphatic heterocycles. The van der Waals surface area contributed by atoms with Gasteiger partial charge in [-0.25, -0.2) is 9.59 Å². The Hall–Kier alpha value is -4.55. The van der Waals surface area contributed by atoms with Crippen LogP contribution in [0, 0.1) is 11.3 Å². The Morgan fingerprint density at radius 1 is 1.00 bits per heavy atom. The maximum absolute atomic E-state index is 13.8. The van der Waals surface area contributed by atoms with E-state index in [1.807, 2.05) is 0 Å². The highest BCUT2D eigenvalue weighted by molar-refractivity contribution is 7.86. The highest BCUT2D eigenvalue weighted by Gasteiger charge is 2.29. The van der Waals surface area contributed by atoms with Gasteiger partial charge >= 0.3 is 22.1 Å². The average molecular weight is 579 g/mol. The van der Waals surface area contributed by atoms with E-state index < -0.39 is 28.0 Å². The number of ether oxygens (including phenoxy) is 1. The number of nitrogens with zero attached hydrogens (tertiary/aromatic N) is 1. The van der Waals surface area contributed by atoms with Crippen molar-refractivity contribution in [1.29, 1.82) is 5.41 Å². The quantitative estimate of drug-likeness (QED) is 0.206. The van der Waals surface area contributed by atoms with Crippen LogP contribution in [-0.4, -0.2) is 63.1 Å². The van der Waals surface area contributed by atoms with Gasteiger partial charge in [-0.1, -0.05) is 36.4 Å². The van der Waals surface area contributed by atoms with Crippen molar-refractivity contribution >= 4 is 39.5 Å². The number of nitrogens with two attached hydrogens (primary N) is 1. The summed E-state index contributed by atoms with van der Waals surface area (Å²) in [6, 6.07) is 18.6. The molecular formula is C29H30N4O7S. The molecule has 3 amide bonds. The average Bonchev–Trinajstić information content (AvgIpc) is 2.95. The van der Waals surface area contributed by atoms with Crippen molar-refractivity contribution in [3.05, 3.63) is 89.5 Å². The zero-order valence-electron chi connectivity index (χ0n) is 22.3. The lowest BCUT2D eigenvalue weighted by Crippen LogP contribution is -2.44. The second-order valence-electron chi connectivity index (χ2n) is 9.59. The first-order valence-electron chi connectivity index (χ1n) is 12.8. The fourth-order valence-electron chi connectivity index (χ4n) is 4.42. The van der Waals surface area contributed by atoms with Crippen LogP contribution in [0.1, 0.15) is 39.1 Å². The molecule has 1 heterocycles. The molecule has 0 bridgehead atoms. The summed E-state index contributed by atoms with van der Waals surface area (Å²) in [6.07, 6.45) is 2.07. The number of hydrogen-bond acceptors (Lipinski definition) is 8. The molecule has 4 N–H and O–H groups in total. The van der Waals surface area contributed by atoms with Gasteiger partial charge in [0.25, 0.3) is 5.91 Å². The smallest absolute Gasteiger partial charge is 0.354 e. The number of hydrogen-bond donors (Lipinski definition) is 3. The van der Waals surface area contributed by atoms with Crippen molar-refractivity contribution in [2.24, 2.45) is 11.7 Å². The number of amidine groups is 1. The first kappa shape index (κ1) is 29.4. The third-order valence-corrected chi connectivity index (χ3v) is 6.97. The van der Waals surface area contributed by atoms with E-state index in [1.165, 1.54) is 18.2 Å². The van der Waals surface area contributed by atoms with Crippen LogP contribution in [0.5, 0.6) is 0 Å². The number of imide groups is 1. The molecule has 0 unspecified atom stereocenters.